The standard InChI is InChI=1S/C28H24N2O2/c1-19-14-16-23(18-20(19)2)29-28(32)25-12-5-6-13-26(25)30-27(31)17-15-22-10-7-9-21-8-3-4-11-24(21)22/h3-18H,1-2H3,(H,29,32)(H,30,31)/b17-15+. The molecule has 2 amide bonds. The topological polar surface area (TPSA) is 58.2 Å². The Balaban J connectivity index is 1.51. The Bertz CT molecular complexity index is 1330. The summed E-state index contributed by atoms with van der Waals surface area (Å²) in [6.45, 7) is 4.03. The van der Waals surface area contributed by atoms with Gasteiger partial charge >= 0.3 is 0 Å². The number of carbonyl (C=O) groups is 2. The van der Waals surface area contributed by atoms with Crippen LogP contribution in [0.25, 0.3) is 16.8 Å². The van der Waals surface area contributed by atoms with Crippen LogP contribution in [-0.2, 0) is 4.79 Å². The molecule has 0 fully saturated rings. The van der Waals surface area contributed by atoms with Gasteiger partial charge in [0.25, 0.3) is 5.91 Å². The summed E-state index contributed by atoms with van der Waals surface area (Å²) in [7, 11) is 0. The van der Waals surface area contributed by atoms with Crippen LogP contribution in [0, 0.1) is 13.8 Å². The van der Waals surface area contributed by atoms with Crippen molar-refractivity contribution in [3.8, 4) is 0 Å². The lowest BCUT2D eigenvalue weighted by Crippen LogP contribution is -2.17. The van der Waals surface area contributed by atoms with Gasteiger partial charge in [-0.05, 0) is 71.7 Å². The van der Waals surface area contributed by atoms with Gasteiger partial charge in [-0.2, -0.15) is 0 Å². The molecule has 0 aliphatic heterocycles. The highest BCUT2D eigenvalue weighted by Crippen LogP contribution is 2.21. The van der Waals surface area contributed by atoms with E-state index >= 15 is 0 Å². The summed E-state index contributed by atoms with van der Waals surface area (Å²) in [5, 5.41) is 7.93. The van der Waals surface area contributed by atoms with Crippen molar-refractivity contribution in [2.24, 2.45) is 0 Å². The number of hydrogen-bond donors (Lipinski definition) is 2. The Hall–Kier alpha value is -4.18. The number of benzene rings is 4. The fourth-order valence-corrected chi connectivity index (χ4v) is 3.54. The highest BCUT2D eigenvalue weighted by molar-refractivity contribution is 6.12. The molecule has 0 saturated carbocycles. The predicted molar refractivity (Wildman–Crippen MR) is 132 cm³/mol. The summed E-state index contributed by atoms with van der Waals surface area (Å²) >= 11 is 0. The number of aryl methyl sites for hydroxylation is 2. The van der Waals surface area contributed by atoms with Crippen LogP contribution >= 0.6 is 0 Å². The van der Waals surface area contributed by atoms with E-state index in [9.17, 15) is 9.59 Å². The lowest BCUT2D eigenvalue weighted by molar-refractivity contribution is -0.111. The van der Waals surface area contributed by atoms with Crippen LogP contribution in [0.2, 0.25) is 0 Å². The molecule has 0 radical (unpaired) electrons. The minimum atomic E-state index is -0.302. The Morgan fingerprint density at radius 2 is 1.50 bits per heavy atom. The molecule has 4 aromatic rings. The quantitative estimate of drug-likeness (QED) is 0.369. The van der Waals surface area contributed by atoms with E-state index in [1.54, 1.807) is 30.3 Å². The van der Waals surface area contributed by atoms with Crippen molar-refractivity contribution in [3.63, 3.8) is 0 Å². The van der Waals surface area contributed by atoms with Crippen molar-refractivity contribution in [3.05, 3.63) is 113 Å². The van der Waals surface area contributed by atoms with E-state index < -0.39 is 0 Å². The summed E-state index contributed by atoms with van der Waals surface area (Å²) < 4.78 is 0. The van der Waals surface area contributed by atoms with Gasteiger partial charge in [0.05, 0.1) is 11.3 Å². The second kappa shape index (κ2) is 9.31. The van der Waals surface area contributed by atoms with Crippen molar-refractivity contribution in [1.29, 1.82) is 0 Å². The van der Waals surface area contributed by atoms with E-state index in [1.165, 1.54) is 6.08 Å². The molecule has 0 bridgehead atoms. The summed E-state index contributed by atoms with van der Waals surface area (Å²) in [6.07, 6.45) is 3.27. The number of rotatable bonds is 5. The Morgan fingerprint density at radius 1 is 0.750 bits per heavy atom. The maximum absolute atomic E-state index is 12.9. The average Bonchev–Trinajstić information content (AvgIpc) is 2.80. The van der Waals surface area contributed by atoms with Crippen molar-refractivity contribution in [2.45, 2.75) is 13.8 Å². The Morgan fingerprint density at radius 3 is 2.34 bits per heavy atom. The fraction of sp³-hybridized carbons (Fsp3) is 0.0714. The van der Waals surface area contributed by atoms with Crippen LogP contribution in [-0.4, -0.2) is 11.8 Å². The Kier molecular flexibility index (Phi) is 6.13. The molecule has 0 unspecified atom stereocenters. The van der Waals surface area contributed by atoms with Crippen molar-refractivity contribution in [1.82, 2.24) is 0 Å². The van der Waals surface area contributed by atoms with Crippen LogP contribution in [0.4, 0.5) is 11.4 Å². The first-order chi connectivity index (χ1) is 15.5. The fourth-order valence-electron chi connectivity index (χ4n) is 3.54. The van der Waals surface area contributed by atoms with E-state index in [2.05, 4.69) is 10.6 Å². The summed E-state index contributed by atoms with van der Waals surface area (Å²) in [6, 6.07) is 26.8. The number of para-hydroxylation sites is 1. The van der Waals surface area contributed by atoms with Crippen molar-refractivity contribution in [2.75, 3.05) is 10.6 Å². The molecule has 0 atom stereocenters. The molecule has 4 heteroatoms. The molecule has 0 aliphatic carbocycles. The summed E-state index contributed by atoms with van der Waals surface area (Å²) in [5.41, 5.74) is 4.80. The normalized spacial score (nSPS) is 10.9. The SMILES string of the molecule is Cc1ccc(NC(=O)c2ccccc2NC(=O)/C=C/c2cccc3ccccc23)cc1C. The van der Waals surface area contributed by atoms with Gasteiger partial charge in [0.1, 0.15) is 0 Å². The molecular formula is C28H24N2O2. The maximum atomic E-state index is 12.9. The number of hydrogen-bond acceptors (Lipinski definition) is 2. The largest absolute Gasteiger partial charge is 0.322 e. The second-order valence-electron chi connectivity index (χ2n) is 7.69. The van der Waals surface area contributed by atoms with E-state index in [0.717, 1.165) is 33.2 Å². The maximum Gasteiger partial charge on any atom is 0.257 e. The van der Waals surface area contributed by atoms with Crippen LogP contribution in [0.5, 0.6) is 0 Å². The smallest absolute Gasteiger partial charge is 0.257 e. The molecule has 0 aromatic heterocycles. The first kappa shape index (κ1) is 21.1. The molecule has 0 saturated heterocycles. The van der Waals surface area contributed by atoms with E-state index in [0.29, 0.717) is 11.3 Å². The first-order valence-electron chi connectivity index (χ1n) is 10.5. The molecule has 32 heavy (non-hydrogen) atoms. The van der Waals surface area contributed by atoms with Gasteiger partial charge in [-0.25, -0.2) is 0 Å². The molecule has 0 spiro atoms. The minimum Gasteiger partial charge on any atom is -0.322 e. The van der Waals surface area contributed by atoms with Gasteiger partial charge in [-0.15, -0.1) is 0 Å². The predicted octanol–water partition coefficient (Wildman–Crippen LogP) is 6.36. The van der Waals surface area contributed by atoms with E-state index in [1.807, 2.05) is 74.5 Å². The van der Waals surface area contributed by atoms with Crippen molar-refractivity contribution >= 4 is 40.0 Å². The third-order valence-corrected chi connectivity index (χ3v) is 5.43. The zero-order valence-electron chi connectivity index (χ0n) is 18.1. The van der Waals surface area contributed by atoms with Gasteiger partial charge in [-0.3, -0.25) is 9.59 Å². The molecule has 158 valence electrons. The third kappa shape index (κ3) is 4.76. The molecule has 0 heterocycles. The number of amides is 2. The highest BCUT2D eigenvalue weighted by Gasteiger charge is 2.13. The Labute approximate surface area is 187 Å². The zero-order valence-corrected chi connectivity index (χ0v) is 18.1. The molecule has 2 N–H and O–H groups in total. The summed E-state index contributed by atoms with van der Waals surface area (Å²) in [5.74, 6) is -0.577. The van der Waals surface area contributed by atoms with E-state index in [-0.39, 0.29) is 11.8 Å². The number of carbonyl (C=O) groups excluding carboxylic acids is 2. The third-order valence-electron chi connectivity index (χ3n) is 5.43. The molecule has 4 nitrogen and oxygen atoms in total. The number of fused-ring (bicyclic) bond motifs is 1. The monoisotopic (exact) mass is 420 g/mol. The lowest BCUT2D eigenvalue weighted by atomic mass is 10.0. The zero-order chi connectivity index (χ0) is 22.5. The summed E-state index contributed by atoms with van der Waals surface area (Å²) in [4.78, 5) is 25.5. The highest BCUT2D eigenvalue weighted by atomic mass is 16.2. The van der Waals surface area contributed by atoms with Gasteiger partial charge in [0.2, 0.25) is 5.91 Å². The van der Waals surface area contributed by atoms with Crippen LogP contribution in [0.3, 0.4) is 0 Å². The van der Waals surface area contributed by atoms with Gasteiger partial charge < -0.3 is 10.6 Å². The van der Waals surface area contributed by atoms with Gasteiger partial charge in [-0.1, -0.05) is 60.7 Å². The molecule has 4 aromatic carbocycles. The van der Waals surface area contributed by atoms with Crippen LogP contribution < -0.4 is 10.6 Å². The number of nitrogens with one attached hydrogen (secondary N) is 2. The van der Waals surface area contributed by atoms with Crippen LogP contribution in [0.1, 0.15) is 27.0 Å². The molecule has 4 rings (SSSR count). The van der Waals surface area contributed by atoms with Crippen LogP contribution in [0.15, 0.2) is 91.0 Å². The second-order valence-corrected chi connectivity index (χ2v) is 7.69. The average molecular weight is 421 g/mol. The van der Waals surface area contributed by atoms with Crippen molar-refractivity contribution < 1.29 is 9.59 Å². The first-order valence-corrected chi connectivity index (χ1v) is 10.5. The van der Waals surface area contributed by atoms with Gasteiger partial charge in [0, 0.05) is 11.8 Å². The lowest BCUT2D eigenvalue weighted by Gasteiger charge is -2.11. The molecule has 0 aliphatic rings. The van der Waals surface area contributed by atoms with Gasteiger partial charge in [0.15, 0.2) is 0 Å². The molecular weight excluding hydrogens is 396 g/mol. The minimum absolute atomic E-state index is 0.276. The van der Waals surface area contributed by atoms with E-state index in [4.69, 9.17) is 0 Å². The number of anilines is 2.